The fourth-order valence-electron chi connectivity index (χ4n) is 9.39. The predicted molar refractivity (Wildman–Crippen MR) is 144 cm³/mol. The lowest BCUT2D eigenvalue weighted by Gasteiger charge is -2.63. The molecule has 0 aromatic heterocycles. The molecule has 0 radical (unpaired) electrons. The fraction of sp³-hybridized carbons (Fsp3) is 0.750. The molecule has 0 amide bonds. The number of rotatable bonds is 6. The number of ether oxygens (including phenoxy) is 1. The normalized spacial score (nSPS) is 40.4. The third-order valence-electron chi connectivity index (χ3n) is 11.3. The second kappa shape index (κ2) is 9.48. The van der Waals surface area contributed by atoms with Gasteiger partial charge in [-0.1, -0.05) is 64.5 Å². The first-order valence-corrected chi connectivity index (χ1v) is 14.2. The zero-order valence-electron chi connectivity index (χ0n) is 23.7. The van der Waals surface area contributed by atoms with Crippen molar-refractivity contribution in [3.05, 3.63) is 35.5 Å². The molecular weight excluding hydrogens is 448 g/mol. The van der Waals surface area contributed by atoms with Crippen molar-refractivity contribution in [1.82, 2.24) is 0 Å². The second-order valence-corrected chi connectivity index (χ2v) is 13.7. The predicted octanol–water partition coefficient (Wildman–Crippen LogP) is 7.75. The van der Waals surface area contributed by atoms with Crippen molar-refractivity contribution in [1.29, 1.82) is 0 Å². The molecule has 0 unspecified atom stereocenters. The van der Waals surface area contributed by atoms with Gasteiger partial charge in [0, 0.05) is 17.9 Å². The van der Waals surface area contributed by atoms with Crippen molar-refractivity contribution in [2.24, 2.45) is 45.8 Å². The van der Waals surface area contributed by atoms with Crippen molar-refractivity contribution < 1.29 is 19.4 Å². The van der Waals surface area contributed by atoms with Crippen LogP contribution >= 0.6 is 0 Å². The van der Waals surface area contributed by atoms with E-state index in [1.54, 1.807) is 12.5 Å². The lowest BCUT2D eigenvalue weighted by atomic mass is 9.42. The highest BCUT2D eigenvalue weighted by molar-refractivity contribution is 5.85. The quantitative estimate of drug-likeness (QED) is 0.232. The van der Waals surface area contributed by atoms with Gasteiger partial charge < -0.3 is 9.84 Å². The summed E-state index contributed by atoms with van der Waals surface area (Å²) in [5, 5.41) is 9.17. The molecule has 4 rings (SSSR count). The molecule has 3 saturated carbocycles. The van der Waals surface area contributed by atoms with Crippen molar-refractivity contribution >= 4 is 11.9 Å². The van der Waals surface area contributed by atoms with Crippen LogP contribution in [0.2, 0.25) is 0 Å². The number of allylic oxidation sites excluding steroid dienone is 4. The van der Waals surface area contributed by atoms with E-state index in [4.69, 9.17) is 11.3 Å². The monoisotopic (exact) mass is 496 g/mol. The molecule has 4 aliphatic rings. The van der Waals surface area contributed by atoms with Crippen LogP contribution in [0.3, 0.4) is 0 Å². The molecule has 0 bridgehead atoms. The average molecular weight is 497 g/mol. The Morgan fingerprint density at radius 2 is 1.89 bits per heavy atom. The number of carboxylic acids is 1. The summed E-state index contributed by atoms with van der Waals surface area (Å²) >= 11 is 0. The SMILES string of the molecule is C=C1C[C@H]2C(=CC[C@@H]3C(C)(C)[C@H](OC(C)=O)CC[C@@]32C)[C@]2(C)CC[C@@H]([C@H](C)CC/C=C(/C)C(=O)O)[C@H]12. The smallest absolute Gasteiger partial charge is 0.330 e. The van der Waals surface area contributed by atoms with E-state index in [2.05, 4.69) is 40.7 Å². The average Bonchev–Trinajstić information content (AvgIpc) is 3.15. The molecule has 200 valence electrons. The Hall–Kier alpha value is -1.84. The van der Waals surface area contributed by atoms with Crippen LogP contribution in [0.15, 0.2) is 35.5 Å². The van der Waals surface area contributed by atoms with E-state index in [0.29, 0.717) is 35.2 Å². The number of carbonyl (C=O) groups excluding carboxylic acids is 1. The van der Waals surface area contributed by atoms with E-state index in [1.807, 2.05) is 6.08 Å². The minimum atomic E-state index is -0.816. The minimum absolute atomic E-state index is 0.00586. The van der Waals surface area contributed by atoms with Crippen LogP contribution in [-0.4, -0.2) is 23.1 Å². The van der Waals surface area contributed by atoms with Crippen LogP contribution in [0, 0.1) is 45.8 Å². The molecule has 1 N–H and O–H groups in total. The van der Waals surface area contributed by atoms with Crippen molar-refractivity contribution in [2.45, 2.75) is 106 Å². The van der Waals surface area contributed by atoms with Gasteiger partial charge in [-0.25, -0.2) is 4.79 Å². The number of fused-ring (bicyclic) bond motifs is 5. The van der Waals surface area contributed by atoms with Crippen LogP contribution < -0.4 is 0 Å². The van der Waals surface area contributed by atoms with Crippen LogP contribution in [0.25, 0.3) is 0 Å². The van der Waals surface area contributed by atoms with E-state index >= 15 is 0 Å². The number of hydrogen-bond acceptors (Lipinski definition) is 3. The molecule has 0 spiro atoms. The first-order valence-electron chi connectivity index (χ1n) is 14.2. The van der Waals surface area contributed by atoms with Crippen molar-refractivity contribution in [2.75, 3.05) is 0 Å². The summed E-state index contributed by atoms with van der Waals surface area (Å²) in [7, 11) is 0. The van der Waals surface area contributed by atoms with Gasteiger partial charge in [-0.05, 0) is 98.7 Å². The Morgan fingerprint density at radius 1 is 1.19 bits per heavy atom. The number of esters is 1. The highest BCUT2D eigenvalue weighted by Crippen LogP contribution is 2.70. The molecule has 0 aliphatic heterocycles. The van der Waals surface area contributed by atoms with E-state index in [0.717, 1.165) is 38.5 Å². The Morgan fingerprint density at radius 3 is 2.53 bits per heavy atom. The molecule has 0 saturated heterocycles. The Bertz CT molecular complexity index is 986. The zero-order valence-corrected chi connectivity index (χ0v) is 23.7. The second-order valence-electron chi connectivity index (χ2n) is 13.7. The number of carbonyl (C=O) groups is 2. The molecule has 4 heteroatoms. The van der Waals surface area contributed by atoms with Gasteiger partial charge in [-0.2, -0.15) is 0 Å². The third kappa shape index (κ3) is 4.31. The standard InChI is InChI=1S/C32H48O4/c1-19(10-9-11-20(2)29(34)35)23-14-16-32(8)24-12-13-26-30(5,6)27(36-22(4)33)15-17-31(26,7)25(24)18-21(3)28(23)32/h11-12,19,23,25-28H,3,9-10,13-18H2,1-2,4-8H3,(H,34,35)/b20-11-/t19-,23+,25+,26-,27-,28+,31-,32+/m1/s1. The summed E-state index contributed by atoms with van der Waals surface area (Å²) in [6.45, 7) is 20.0. The van der Waals surface area contributed by atoms with Gasteiger partial charge in [0.1, 0.15) is 6.10 Å². The van der Waals surface area contributed by atoms with E-state index in [9.17, 15) is 14.7 Å². The molecule has 0 aromatic rings. The lowest BCUT2D eigenvalue weighted by molar-refractivity contribution is -0.172. The number of aliphatic carboxylic acids is 1. The minimum Gasteiger partial charge on any atom is -0.478 e. The molecule has 0 heterocycles. The summed E-state index contributed by atoms with van der Waals surface area (Å²) in [6, 6.07) is 0. The van der Waals surface area contributed by atoms with Gasteiger partial charge in [-0.15, -0.1) is 0 Å². The van der Waals surface area contributed by atoms with Gasteiger partial charge in [0.2, 0.25) is 0 Å². The lowest BCUT2D eigenvalue weighted by Crippen LogP contribution is -2.57. The Labute approximate surface area is 218 Å². The highest BCUT2D eigenvalue weighted by Gasteiger charge is 2.62. The molecule has 0 aromatic carbocycles. The topological polar surface area (TPSA) is 63.6 Å². The maximum atomic E-state index is 11.8. The number of carboxylic acid groups (broad SMARTS) is 1. The Balaban J connectivity index is 1.58. The van der Waals surface area contributed by atoms with Crippen molar-refractivity contribution in [3.8, 4) is 0 Å². The summed E-state index contributed by atoms with van der Waals surface area (Å²) in [4.78, 5) is 23.0. The summed E-state index contributed by atoms with van der Waals surface area (Å²) < 4.78 is 5.83. The van der Waals surface area contributed by atoms with Crippen LogP contribution in [-0.2, 0) is 14.3 Å². The summed E-state index contributed by atoms with van der Waals surface area (Å²) in [5.41, 5.74) is 3.91. The Kier molecular flexibility index (Phi) is 7.16. The van der Waals surface area contributed by atoms with Crippen LogP contribution in [0.5, 0.6) is 0 Å². The fourth-order valence-corrected chi connectivity index (χ4v) is 9.39. The summed E-state index contributed by atoms with van der Waals surface area (Å²) in [6.07, 6.45) is 13.0. The zero-order chi connectivity index (χ0) is 26.6. The first-order chi connectivity index (χ1) is 16.7. The van der Waals surface area contributed by atoms with E-state index < -0.39 is 5.97 Å². The van der Waals surface area contributed by atoms with Gasteiger partial charge in [-0.3, -0.25) is 4.79 Å². The van der Waals surface area contributed by atoms with E-state index in [-0.39, 0.29) is 28.3 Å². The van der Waals surface area contributed by atoms with E-state index in [1.165, 1.54) is 25.3 Å². The number of hydrogen-bond donors (Lipinski definition) is 1. The molecular formula is C32H48O4. The first kappa shape index (κ1) is 27.2. The molecule has 3 fully saturated rings. The van der Waals surface area contributed by atoms with Crippen LogP contribution in [0.4, 0.5) is 0 Å². The van der Waals surface area contributed by atoms with Gasteiger partial charge in [0.25, 0.3) is 0 Å². The molecule has 8 atom stereocenters. The van der Waals surface area contributed by atoms with Gasteiger partial charge in [0.15, 0.2) is 0 Å². The van der Waals surface area contributed by atoms with Crippen molar-refractivity contribution in [3.63, 3.8) is 0 Å². The molecule has 36 heavy (non-hydrogen) atoms. The highest BCUT2D eigenvalue weighted by atomic mass is 16.5. The summed E-state index contributed by atoms with van der Waals surface area (Å²) in [5.74, 6) is 1.72. The maximum absolute atomic E-state index is 11.8. The third-order valence-corrected chi connectivity index (χ3v) is 11.3. The van der Waals surface area contributed by atoms with Gasteiger partial charge >= 0.3 is 11.9 Å². The largest absolute Gasteiger partial charge is 0.478 e. The van der Waals surface area contributed by atoms with Gasteiger partial charge in [0.05, 0.1) is 0 Å². The molecule has 4 nitrogen and oxygen atoms in total. The maximum Gasteiger partial charge on any atom is 0.330 e. The molecule has 4 aliphatic carbocycles. The van der Waals surface area contributed by atoms with Crippen LogP contribution in [0.1, 0.15) is 99.8 Å².